The average molecular weight is 434 g/mol. The first-order valence-electron chi connectivity index (χ1n) is 11.2. The summed E-state index contributed by atoms with van der Waals surface area (Å²) in [6.45, 7) is 3.71. The third-order valence-electron chi connectivity index (χ3n) is 7.09. The van der Waals surface area contributed by atoms with Crippen molar-refractivity contribution >= 4 is 29.1 Å². The number of carbonyl (C=O) groups excluding carboxylic acids is 3. The standard InChI is InChI=1S/C25H27N3O4/c1-3-4-7-15-10-12-16(13-11-15)28-22(30)19-20(23(28)31)25(27-21(19)14(2)29)17-8-5-6-9-18(17)26-24(25)32/h5-6,8-14,19-21,27,29H,3-4,7H2,1-2H3,(H,26,32). The Bertz CT molecular complexity index is 1100. The first-order chi connectivity index (χ1) is 15.4. The average Bonchev–Trinajstić information content (AvgIpc) is 3.38. The van der Waals surface area contributed by atoms with Gasteiger partial charge in [0.05, 0.1) is 23.6 Å². The number of hydrogen-bond acceptors (Lipinski definition) is 5. The second kappa shape index (κ2) is 7.53. The molecule has 1 spiro atoms. The van der Waals surface area contributed by atoms with E-state index >= 15 is 0 Å². The van der Waals surface area contributed by atoms with Gasteiger partial charge in [-0.25, -0.2) is 4.90 Å². The highest BCUT2D eigenvalue weighted by Gasteiger charge is 2.71. The number of aryl methyl sites for hydroxylation is 1. The Hall–Kier alpha value is -3.03. The summed E-state index contributed by atoms with van der Waals surface area (Å²) >= 11 is 0. The number of amides is 3. The van der Waals surface area contributed by atoms with Crippen molar-refractivity contribution in [3.8, 4) is 0 Å². The Kier molecular flexibility index (Phi) is 4.91. The molecule has 3 amide bonds. The number of aliphatic hydroxyl groups excluding tert-OH is 1. The number of unbranched alkanes of at least 4 members (excludes halogenated alkanes) is 1. The first kappa shape index (κ1) is 20.8. The number of carbonyl (C=O) groups is 3. The summed E-state index contributed by atoms with van der Waals surface area (Å²) in [7, 11) is 0. The minimum Gasteiger partial charge on any atom is -0.392 e. The minimum absolute atomic E-state index is 0.366. The smallest absolute Gasteiger partial charge is 0.250 e. The van der Waals surface area contributed by atoms with E-state index in [2.05, 4.69) is 17.6 Å². The van der Waals surface area contributed by atoms with Gasteiger partial charge in [-0.05, 0) is 43.5 Å². The van der Waals surface area contributed by atoms with E-state index in [0.29, 0.717) is 16.9 Å². The number of nitrogens with zero attached hydrogens (tertiary/aromatic N) is 1. The topological polar surface area (TPSA) is 98.7 Å². The third kappa shape index (κ3) is 2.77. The van der Waals surface area contributed by atoms with Crippen LogP contribution < -0.4 is 15.5 Å². The fourth-order valence-electron chi connectivity index (χ4n) is 5.55. The van der Waals surface area contributed by atoms with Gasteiger partial charge in [0.15, 0.2) is 0 Å². The van der Waals surface area contributed by atoms with E-state index in [1.807, 2.05) is 18.2 Å². The summed E-state index contributed by atoms with van der Waals surface area (Å²) in [4.78, 5) is 41.8. The maximum absolute atomic E-state index is 13.7. The largest absolute Gasteiger partial charge is 0.392 e. The zero-order chi connectivity index (χ0) is 22.6. The molecule has 0 aliphatic carbocycles. The van der Waals surface area contributed by atoms with Gasteiger partial charge in [-0.2, -0.15) is 0 Å². The number of fused-ring (bicyclic) bond motifs is 4. The molecule has 3 N–H and O–H groups in total. The summed E-state index contributed by atoms with van der Waals surface area (Å²) in [5, 5.41) is 16.5. The fourth-order valence-corrected chi connectivity index (χ4v) is 5.55. The summed E-state index contributed by atoms with van der Waals surface area (Å²) in [5.41, 5.74) is 1.53. The predicted molar refractivity (Wildman–Crippen MR) is 120 cm³/mol. The predicted octanol–water partition coefficient (Wildman–Crippen LogP) is 2.33. The molecule has 0 aromatic heterocycles. The lowest BCUT2D eigenvalue weighted by atomic mass is 9.76. The van der Waals surface area contributed by atoms with Crippen molar-refractivity contribution in [3.63, 3.8) is 0 Å². The highest BCUT2D eigenvalue weighted by atomic mass is 16.3. The van der Waals surface area contributed by atoms with Gasteiger partial charge < -0.3 is 10.4 Å². The van der Waals surface area contributed by atoms with Gasteiger partial charge in [-0.3, -0.25) is 19.7 Å². The maximum atomic E-state index is 13.7. The lowest BCUT2D eigenvalue weighted by Crippen LogP contribution is -2.54. The molecule has 5 unspecified atom stereocenters. The van der Waals surface area contributed by atoms with E-state index in [4.69, 9.17) is 0 Å². The summed E-state index contributed by atoms with van der Waals surface area (Å²) in [6, 6.07) is 13.9. The van der Waals surface area contributed by atoms with Crippen LogP contribution in [0.4, 0.5) is 11.4 Å². The summed E-state index contributed by atoms with van der Waals surface area (Å²) in [6.07, 6.45) is 2.19. The van der Waals surface area contributed by atoms with E-state index < -0.39 is 35.4 Å². The van der Waals surface area contributed by atoms with Crippen molar-refractivity contribution in [3.05, 3.63) is 59.7 Å². The summed E-state index contributed by atoms with van der Waals surface area (Å²) in [5.74, 6) is -2.93. The van der Waals surface area contributed by atoms with Gasteiger partial charge in [0.25, 0.3) is 0 Å². The van der Waals surface area contributed by atoms with Crippen LogP contribution in [0.2, 0.25) is 0 Å². The number of nitrogens with one attached hydrogen (secondary N) is 2. The Balaban J connectivity index is 1.58. The molecule has 0 radical (unpaired) electrons. The summed E-state index contributed by atoms with van der Waals surface area (Å²) < 4.78 is 0. The van der Waals surface area contributed by atoms with Gasteiger partial charge in [-0.1, -0.05) is 43.7 Å². The molecular formula is C25H27N3O4. The van der Waals surface area contributed by atoms with Crippen LogP contribution in [0.3, 0.4) is 0 Å². The lowest BCUT2D eigenvalue weighted by molar-refractivity contribution is -0.130. The van der Waals surface area contributed by atoms with Gasteiger partial charge in [-0.15, -0.1) is 0 Å². The van der Waals surface area contributed by atoms with Crippen LogP contribution in [0, 0.1) is 11.8 Å². The van der Waals surface area contributed by atoms with Crippen LogP contribution in [0.25, 0.3) is 0 Å². The molecule has 3 heterocycles. The molecule has 5 rings (SSSR count). The minimum atomic E-state index is -1.38. The number of aliphatic hydroxyl groups is 1. The Morgan fingerprint density at radius 1 is 1.06 bits per heavy atom. The Labute approximate surface area is 186 Å². The number of anilines is 2. The Morgan fingerprint density at radius 3 is 2.47 bits per heavy atom. The normalized spacial score (nSPS) is 29.4. The molecule has 0 saturated carbocycles. The molecule has 2 saturated heterocycles. The van der Waals surface area contributed by atoms with Gasteiger partial charge in [0, 0.05) is 17.3 Å². The van der Waals surface area contributed by atoms with Crippen LogP contribution in [-0.4, -0.2) is 35.0 Å². The SMILES string of the molecule is CCCCc1ccc(N2C(=O)C3C(C(C)O)NC4(C(=O)Nc5ccccc54)C3C2=O)cc1. The second-order valence-electron chi connectivity index (χ2n) is 9.00. The fraction of sp³-hybridized carbons (Fsp3) is 0.400. The molecule has 2 aromatic carbocycles. The van der Waals surface area contributed by atoms with Crippen LogP contribution >= 0.6 is 0 Å². The molecule has 7 heteroatoms. The zero-order valence-electron chi connectivity index (χ0n) is 18.2. The van der Waals surface area contributed by atoms with Crippen molar-refractivity contribution in [1.82, 2.24) is 5.32 Å². The van der Waals surface area contributed by atoms with E-state index in [1.54, 1.807) is 37.3 Å². The van der Waals surface area contributed by atoms with Crippen LogP contribution in [0.15, 0.2) is 48.5 Å². The highest BCUT2D eigenvalue weighted by molar-refractivity contribution is 6.25. The zero-order valence-corrected chi connectivity index (χ0v) is 18.2. The van der Waals surface area contributed by atoms with Crippen molar-refractivity contribution in [2.24, 2.45) is 11.8 Å². The van der Waals surface area contributed by atoms with Crippen molar-refractivity contribution < 1.29 is 19.5 Å². The van der Waals surface area contributed by atoms with Gasteiger partial charge in [0.2, 0.25) is 17.7 Å². The van der Waals surface area contributed by atoms with Gasteiger partial charge in [0.1, 0.15) is 5.54 Å². The molecule has 2 fully saturated rings. The maximum Gasteiger partial charge on any atom is 0.250 e. The first-order valence-corrected chi connectivity index (χ1v) is 11.2. The van der Waals surface area contributed by atoms with E-state index in [-0.39, 0.29) is 11.8 Å². The lowest BCUT2D eigenvalue weighted by Gasteiger charge is -2.30. The molecular weight excluding hydrogens is 406 g/mol. The molecule has 5 atom stereocenters. The van der Waals surface area contributed by atoms with Crippen LogP contribution in [-0.2, 0) is 26.3 Å². The number of benzene rings is 2. The Morgan fingerprint density at radius 2 is 1.78 bits per heavy atom. The van der Waals surface area contributed by atoms with Crippen LogP contribution in [0.5, 0.6) is 0 Å². The molecule has 32 heavy (non-hydrogen) atoms. The third-order valence-corrected chi connectivity index (χ3v) is 7.09. The highest BCUT2D eigenvalue weighted by Crippen LogP contribution is 2.53. The molecule has 0 bridgehead atoms. The molecule has 166 valence electrons. The number of rotatable bonds is 5. The van der Waals surface area contributed by atoms with Crippen LogP contribution in [0.1, 0.15) is 37.8 Å². The van der Waals surface area contributed by atoms with E-state index in [9.17, 15) is 19.5 Å². The molecule has 7 nitrogen and oxygen atoms in total. The molecule has 3 aliphatic rings. The van der Waals surface area contributed by atoms with Crippen molar-refractivity contribution in [2.45, 2.75) is 50.8 Å². The monoisotopic (exact) mass is 433 g/mol. The van der Waals surface area contributed by atoms with Gasteiger partial charge >= 0.3 is 0 Å². The molecule has 3 aliphatic heterocycles. The van der Waals surface area contributed by atoms with Crippen molar-refractivity contribution in [1.29, 1.82) is 0 Å². The number of hydrogen-bond donors (Lipinski definition) is 3. The quantitative estimate of drug-likeness (QED) is 0.629. The number of para-hydroxylation sites is 1. The van der Waals surface area contributed by atoms with Crippen molar-refractivity contribution in [2.75, 3.05) is 10.2 Å². The number of imide groups is 1. The van der Waals surface area contributed by atoms with E-state index in [1.165, 1.54) is 4.90 Å². The second-order valence-corrected chi connectivity index (χ2v) is 9.00. The molecule has 2 aromatic rings. The van der Waals surface area contributed by atoms with E-state index in [0.717, 1.165) is 24.8 Å².